The molecular weight excluding hydrogens is 353 g/mol. The summed E-state index contributed by atoms with van der Waals surface area (Å²) in [4.78, 5) is 8.73. The lowest BCUT2D eigenvalue weighted by Crippen LogP contribution is -2.38. The second-order valence-corrected chi connectivity index (χ2v) is 4.54. The summed E-state index contributed by atoms with van der Waals surface area (Å²) >= 11 is 0. The Morgan fingerprint density at radius 1 is 1.47 bits per heavy atom. The number of guanidine groups is 1. The van der Waals surface area contributed by atoms with Crippen LogP contribution in [0.15, 0.2) is 35.6 Å². The fraction of sp³-hybridized carbons (Fsp3) is 0.385. The van der Waals surface area contributed by atoms with Crippen LogP contribution < -0.4 is 10.6 Å². The SMILES string of the molecule is CN=C(NCc1cn2ccccc2n1)NC1CC1.I. The van der Waals surface area contributed by atoms with Gasteiger partial charge in [0.25, 0.3) is 0 Å². The van der Waals surface area contributed by atoms with Crippen molar-refractivity contribution in [3.8, 4) is 0 Å². The van der Waals surface area contributed by atoms with Crippen LogP contribution in [-0.4, -0.2) is 28.4 Å². The Labute approximate surface area is 129 Å². The Bertz CT molecular complexity index is 540. The van der Waals surface area contributed by atoms with E-state index in [1.54, 1.807) is 7.05 Å². The van der Waals surface area contributed by atoms with E-state index in [0.29, 0.717) is 12.6 Å². The Morgan fingerprint density at radius 2 is 2.32 bits per heavy atom. The molecule has 19 heavy (non-hydrogen) atoms. The number of aromatic nitrogens is 2. The molecule has 0 spiro atoms. The van der Waals surface area contributed by atoms with Gasteiger partial charge in [0.05, 0.1) is 12.2 Å². The number of pyridine rings is 1. The molecule has 0 bridgehead atoms. The monoisotopic (exact) mass is 371 g/mol. The topological polar surface area (TPSA) is 53.7 Å². The van der Waals surface area contributed by atoms with Gasteiger partial charge in [0, 0.05) is 25.5 Å². The number of hydrogen-bond donors (Lipinski definition) is 2. The van der Waals surface area contributed by atoms with Crippen molar-refractivity contribution in [1.29, 1.82) is 0 Å². The van der Waals surface area contributed by atoms with E-state index < -0.39 is 0 Å². The predicted octanol–water partition coefficient (Wildman–Crippen LogP) is 1.78. The number of halogens is 1. The highest BCUT2D eigenvalue weighted by Gasteiger charge is 2.22. The zero-order valence-electron chi connectivity index (χ0n) is 10.8. The van der Waals surface area contributed by atoms with Gasteiger partial charge < -0.3 is 15.0 Å². The standard InChI is InChI=1S/C13H17N5.HI/c1-14-13(17-10-5-6-10)15-8-11-9-18-7-3-2-4-12(18)16-11;/h2-4,7,9-10H,5-6,8H2,1H3,(H2,14,15,17);1H. The van der Waals surface area contributed by atoms with Gasteiger partial charge in [-0.15, -0.1) is 24.0 Å². The van der Waals surface area contributed by atoms with E-state index in [1.807, 2.05) is 35.0 Å². The summed E-state index contributed by atoms with van der Waals surface area (Å²) in [7, 11) is 1.79. The van der Waals surface area contributed by atoms with Crippen molar-refractivity contribution in [1.82, 2.24) is 20.0 Å². The lowest BCUT2D eigenvalue weighted by Gasteiger charge is -2.09. The molecule has 0 aromatic carbocycles. The van der Waals surface area contributed by atoms with Gasteiger partial charge in [-0.3, -0.25) is 4.99 Å². The van der Waals surface area contributed by atoms with Crippen LogP contribution in [0.3, 0.4) is 0 Å². The largest absolute Gasteiger partial charge is 0.354 e. The molecule has 0 saturated heterocycles. The van der Waals surface area contributed by atoms with E-state index in [0.717, 1.165) is 17.3 Å². The van der Waals surface area contributed by atoms with E-state index in [-0.39, 0.29) is 24.0 Å². The Kier molecular flexibility index (Phi) is 4.62. The van der Waals surface area contributed by atoms with Gasteiger partial charge >= 0.3 is 0 Å². The van der Waals surface area contributed by atoms with Crippen LogP contribution in [0.2, 0.25) is 0 Å². The summed E-state index contributed by atoms with van der Waals surface area (Å²) in [6.45, 7) is 0.689. The van der Waals surface area contributed by atoms with Gasteiger partial charge in [-0.05, 0) is 25.0 Å². The maximum Gasteiger partial charge on any atom is 0.191 e. The van der Waals surface area contributed by atoms with Crippen LogP contribution in [0.25, 0.3) is 5.65 Å². The van der Waals surface area contributed by atoms with Gasteiger partial charge in [0.15, 0.2) is 5.96 Å². The fourth-order valence-corrected chi connectivity index (χ4v) is 1.86. The zero-order chi connectivity index (χ0) is 12.4. The normalized spacial score (nSPS) is 15.1. The second-order valence-electron chi connectivity index (χ2n) is 4.54. The molecule has 6 heteroatoms. The maximum absolute atomic E-state index is 4.53. The molecule has 0 unspecified atom stereocenters. The molecule has 0 atom stereocenters. The molecule has 0 aliphatic heterocycles. The van der Waals surface area contributed by atoms with Crippen LogP contribution in [0, 0.1) is 0 Å². The molecule has 1 saturated carbocycles. The third kappa shape index (κ3) is 3.59. The van der Waals surface area contributed by atoms with Crippen molar-refractivity contribution in [2.45, 2.75) is 25.4 Å². The average Bonchev–Trinajstić information content (AvgIpc) is 3.11. The molecule has 102 valence electrons. The van der Waals surface area contributed by atoms with Crippen LogP contribution in [0.5, 0.6) is 0 Å². The molecular formula is C13H18IN5. The van der Waals surface area contributed by atoms with Crippen LogP contribution in [-0.2, 0) is 6.54 Å². The molecule has 1 aliphatic rings. The number of fused-ring (bicyclic) bond motifs is 1. The maximum atomic E-state index is 4.53. The molecule has 1 fully saturated rings. The molecule has 2 heterocycles. The third-order valence-corrected chi connectivity index (χ3v) is 2.99. The minimum atomic E-state index is 0. The van der Waals surface area contributed by atoms with Gasteiger partial charge in [-0.25, -0.2) is 4.98 Å². The first kappa shape index (κ1) is 14.1. The average molecular weight is 371 g/mol. The molecule has 2 aromatic heterocycles. The smallest absolute Gasteiger partial charge is 0.191 e. The minimum Gasteiger partial charge on any atom is -0.354 e. The quantitative estimate of drug-likeness (QED) is 0.491. The van der Waals surface area contributed by atoms with Crippen LogP contribution in [0.1, 0.15) is 18.5 Å². The van der Waals surface area contributed by atoms with E-state index >= 15 is 0 Å². The lowest BCUT2D eigenvalue weighted by molar-refractivity contribution is 0.795. The number of rotatable bonds is 3. The summed E-state index contributed by atoms with van der Waals surface area (Å²) in [5.74, 6) is 0.856. The summed E-state index contributed by atoms with van der Waals surface area (Å²) in [6, 6.07) is 6.60. The molecule has 3 rings (SSSR count). The number of aliphatic imine (C=N–C) groups is 1. The first-order valence-corrected chi connectivity index (χ1v) is 6.25. The molecule has 2 aromatic rings. The third-order valence-electron chi connectivity index (χ3n) is 2.99. The number of imidazole rings is 1. The number of hydrogen-bond acceptors (Lipinski definition) is 2. The van der Waals surface area contributed by atoms with Crippen LogP contribution in [0.4, 0.5) is 0 Å². The van der Waals surface area contributed by atoms with Gasteiger partial charge in [-0.1, -0.05) is 6.07 Å². The van der Waals surface area contributed by atoms with Crippen molar-refractivity contribution in [3.05, 3.63) is 36.3 Å². The van der Waals surface area contributed by atoms with Crippen molar-refractivity contribution >= 4 is 35.6 Å². The molecule has 0 radical (unpaired) electrons. The summed E-state index contributed by atoms with van der Waals surface area (Å²) in [6.07, 6.45) is 6.53. The molecule has 0 amide bonds. The zero-order valence-corrected chi connectivity index (χ0v) is 13.2. The van der Waals surface area contributed by atoms with E-state index in [4.69, 9.17) is 0 Å². The first-order valence-electron chi connectivity index (χ1n) is 6.25. The van der Waals surface area contributed by atoms with Crippen molar-refractivity contribution in [3.63, 3.8) is 0 Å². The molecule has 1 aliphatic carbocycles. The van der Waals surface area contributed by atoms with Crippen LogP contribution >= 0.6 is 24.0 Å². The van der Waals surface area contributed by atoms with Crippen molar-refractivity contribution < 1.29 is 0 Å². The van der Waals surface area contributed by atoms with Gasteiger partial charge in [0.1, 0.15) is 5.65 Å². The van der Waals surface area contributed by atoms with Crippen molar-refractivity contribution in [2.24, 2.45) is 4.99 Å². The highest BCUT2D eigenvalue weighted by atomic mass is 127. The molecule has 2 N–H and O–H groups in total. The number of nitrogens with zero attached hydrogens (tertiary/aromatic N) is 3. The highest BCUT2D eigenvalue weighted by molar-refractivity contribution is 14.0. The Hall–Kier alpha value is -1.31. The highest BCUT2D eigenvalue weighted by Crippen LogP contribution is 2.18. The van der Waals surface area contributed by atoms with E-state index in [1.165, 1.54) is 12.8 Å². The summed E-state index contributed by atoms with van der Waals surface area (Å²) < 4.78 is 2.02. The number of nitrogens with one attached hydrogen (secondary N) is 2. The fourth-order valence-electron chi connectivity index (χ4n) is 1.86. The van der Waals surface area contributed by atoms with Crippen molar-refractivity contribution in [2.75, 3.05) is 7.05 Å². The second kappa shape index (κ2) is 6.23. The predicted molar refractivity (Wildman–Crippen MR) is 87.0 cm³/mol. The minimum absolute atomic E-state index is 0. The first-order chi connectivity index (χ1) is 8.85. The Balaban J connectivity index is 0.00000133. The Morgan fingerprint density at radius 3 is 3.00 bits per heavy atom. The lowest BCUT2D eigenvalue weighted by atomic mass is 10.5. The summed E-state index contributed by atoms with van der Waals surface area (Å²) in [5, 5.41) is 6.63. The van der Waals surface area contributed by atoms with E-state index in [2.05, 4.69) is 20.6 Å². The van der Waals surface area contributed by atoms with Gasteiger partial charge in [-0.2, -0.15) is 0 Å². The molecule has 5 nitrogen and oxygen atoms in total. The van der Waals surface area contributed by atoms with Gasteiger partial charge in [0.2, 0.25) is 0 Å². The summed E-state index contributed by atoms with van der Waals surface area (Å²) in [5.41, 5.74) is 1.99. The van der Waals surface area contributed by atoms with E-state index in [9.17, 15) is 0 Å².